The van der Waals surface area contributed by atoms with Crippen molar-refractivity contribution in [3.8, 4) is 22.6 Å². The van der Waals surface area contributed by atoms with Crippen LogP contribution < -0.4 is 9.47 Å². The van der Waals surface area contributed by atoms with Crippen molar-refractivity contribution >= 4 is 17.9 Å². The second kappa shape index (κ2) is 17.2. The lowest BCUT2D eigenvalue weighted by Crippen LogP contribution is -2.28. The number of hydrogen-bond acceptors (Lipinski definition) is 8. The SMILES string of the molecule is C=C(C)C(=O)OCCCCCCCCCOc1cc(F)c(-c2ccc(OCOCC3CC(=O)OC(=O)C3)cc2)c(F)c1. The molecular weight excluding hydrogens is 550 g/mol. The van der Waals surface area contributed by atoms with Gasteiger partial charge in [0.2, 0.25) is 0 Å². The van der Waals surface area contributed by atoms with Crippen LogP contribution in [0.5, 0.6) is 11.5 Å². The Morgan fingerprint density at radius 1 is 0.857 bits per heavy atom. The van der Waals surface area contributed by atoms with Gasteiger partial charge in [0.25, 0.3) is 0 Å². The van der Waals surface area contributed by atoms with Crippen LogP contribution in [-0.4, -0.2) is 44.5 Å². The lowest BCUT2D eigenvalue weighted by Gasteiger charge is -2.19. The van der Waals surface area contributed by atoms with Gasteiger partial charge < -0.3 is 23.7 Å². The Hall–Kier alpha value is -3.79. The summed E-state index contributed by atoms with van der Waals surface area (Å²) in [5.74, 6) is -2.61. The highest BCUT2D eigenvalue weighted by Crippen LogP contribution is 2.31. The summed E-state index contributed by atoms with van der Waals surface area (Å²) in [6.45, 7) is 6.01. The van der Waals surface area contributed by atoms with Crippen LogP contribution in [0.2, 0.25) is 0 Å². The van der Waals surface area contributed by atoms with Crippen molar-refractivity contribution in [2.45, 2.75) is 64.7 Å². The first-order chi connectivity index (χ1) is 20.2. The van der Waals surface area contributed by atoms with Crippen LogP contribution in [0.3, 0.4) is 0 Å². The van der Waals surface area contributed by atoms with Gasteiger partial charge in [-0.15, -0.1) is 0 Å². The second-order valence-electron chi connectivity index (χ2n) is 10.3. The number of halogens is 2. The summed E-state index contributed by atoms with van der Waals surface area (Å²) >= 11 is 0. The largest absolute Gasteiger partial charge is 0.493 e. The molecule has 3 rings (SSSR count). The van der Waals surface area contributed by atoms with E-state index in [0.717, 1.165) is 44.9 Å². The maximum absolute atomic E-state index is 14.8. The highest BCUT2D eigenvalue weighted by atomic mass is 19.1. The molecule has 0 spiro atoms. The molecule has 0 aliphatic carbocycles. The average molecular weight is 589 g/mol. The molecule has 1 saturated heterocycles. The minimum Gasteiger partial charge on any atom is -0.493 e. The molecule has 2 aromatic carbocycles. The first-order valence-electron chi connectivity index (χ1n) is 14.2. The second-order valence-corrected chi connectivity index (χ2v) is 10.3. The molecule has 1 heterocycles. The fourth-order valence-corrected chi connectivity index (χ4v) is 4.39. The van der Waals surface area contributed by atoms with Crippen molar-refractivity contribution in [2.75, 3.05) is 26.6 Å². The molecule has 42 heavy (non-hydrogen) atoms. The molecule has 1 fully saturated rings. The van der Waals surface area contributed by atoms with Gasteiger partial charge >= 0.3 is 17.9 Å². The van der Waals surface area contributed by atoms with E-state index >= 15 is 0 Å². The summed E-state index contributed by atoms with van der Waals surface area (Å²) in [5.41, 5.74) is 0.593. The number of rotatable bonds is 18. The summed E-state index contributed by atoms with van der Waals surface area (Å²) in [5, 5.41) is 0. The van der Waals surface area contributed by atoms with E-state index in [0.29, 0.717) is 30.1 Å². The van der Waals surface area contributed by atoms with Crippen molar-refractivity contribution in [3.63, 3.8) is 0 Å². The first kappa shape index (κ1) is 32.7. The van der Waals surface area contributed by atoms with Gasteiger partial charge in [0.1, 0.15) is 23.1 Å². The monoisotopic (exact) mass is 588 g/mol. The predicted octanol–water partition coefficient (Wildman–Crippen LogP) is 6.69. The number of unbranched alkanes of at least 4 members (excludes halogenated alkanes) is 6. The van der Waals surface area contributed by atoms with Gasteiger partial charge in [0.15, 0.2) is 6.79 Å². The van der Waals surface area contributed by atoms with Crippen LogP contribution in [0.4, 0.5) is 8.78 Å². The predicted molar refractivity (Wildman–Crippen MR) is 151 cm³/mol. The van der Waals surface area contributed by atoms with Crippen LogP contribution in [0.25, 0.3) is 11.1 Å². The summed E-state index contributed by atoms with van der Waals surface area (Å²) in [7, 11) is 0. The van der Waals surface area contributed by atoms with E-state index in [-0.39, 0.29) is 49.4 Å². The normalized spacial score (nSPS) is 13.5. The van der Waals surface area contributed by atoms with E-state index in [1.165, 1.54) is 12.1 Å². The number of cyclic esters (lactones) is 2. The van der Waals surface area contributed by atoms with Gasteiger partial charge in [-0.2, -0.15) is 0 Å². The third-order valence-corrected chi connectivity index (χ3v) is 6.60. The van der Waals surface area contributed by atoms with Crippen LogP contribution in [0.1, 0.15) is 64.7 Å². The summed E-state index contributed by atoms with van der Waals surface area (Å²) in [6, 6.07) is 8.60. The summed E-state index contributed by atoms with van der Waals surface area (Å²) in [6.07, 6.45) is 6.90. The van der Waals surface area contributed by atoms with E-state index in [9.17, 15) is 23.2 Å². The quantitative estimate of drug-likeness (QED) is 0.0625. The van der Waals surface area contributed by atoms with E-state index < -0.39 is 23.6 Å². The molecule has 0 N–H and O–H groups in total. The maximum atomic E-state index is 14.8. The van der Waals surface area contributed by atoms with Gasteiger partial charge in [-0.1, -0.05) is 50.8 Å². The van der Waals surface area contributed by atoms with Crippen molar-refractivity contribution in [1.29, 1.82) is 0 Å². The van der Waals surface area contributed by atoms with Crippen LogP contribution in [-0.2, 0) is 28.6 Å². The lowest BCUT2D eigenvalue weighted by atomic mass is 10.0. The van der Waals surface area contributed by atoms with E-state index in [1.54, 1.807) is 31.2 Å². The number of hydrogen-bond donors (Lipinski definition) is 0. The molecule has 0 bridgehead atoms. The van der Waals surface area contributed by atoms with Gasteiger partial charge in [0, 0.05) is 23.6 Å². The minimum absolute atomic E-state index is 0.109. The first-order valence-corrected chi connectivity index (χ1v) is 14.2. The molecule has 0 radical (unpaired) electrons. The van der Waals surface area contributed by atoms with E-state index in [1.807, 2.05) is 0 Å². The van der Waals surface area contributed by atoms with Crippen molar-refractivity contribution in [1.82, 2.24) is 0 Å². The Balaban J connectivity index is 1.32. The molecule has 1 aliphatic heterocycles. The fourth-order valence-electron chi connectivity index (χ4n) is 4.39. The molecule has 0 atom stereocenters. The highest BCUT2D eigenvalue weighted by Gasteiger charge is 2.27. The van der Waals surface area contributed by atoms with Gasteiger partial charge in [-0.25, -0.2) is 13.6 Å². The zero-order chi connectivity index (χ0) is 30.3. The average Bonchev–Trinajstić information content (AvgIpc) is 2.93. The molecule has 0 aromatic heterocycles. The van der Waals surface area contributed by atoms with Gasteiger partial charge in [-0.3, -0.25) is 9.59 Å². The molecule has 10 heteroatoms. The molecule has 2 aromatic rings. The Bertz CT molecular complexity index is 1170. The lowest BCUT2D eigenvalue weighted by molar-refractivity contribution is -0.167. The third kappa shape index (κ3) is 11.2. The van der Waals surface area contributed by atoms with Crippen LogP contribution in [0.15, 0.2) is 48.6 Å². The Morgan fingerprint density at radius 3 is 2.02 bits per heavy atom. The number of benzene rings is 2. The van der Waals surface area contributed by atoms with Crippen molar-refractivity contribution in [3.05, 3.63) is 60.2 Å². The van der Waals surface area contributed by atoms with Crippen LogP contribution in [0, 0.1) is 17.6 Å². The number of esters is 3. The number of ether oxygens (including phenoxy) is 5. The van der Waals surface area contributed by atoms with Gasteiger partial charge in [0.05, 0.1) is 38.2 Å². The molecule has 8 nitrogen and oxygen atoms in total. The third-order valence-electron chi connectivity index (χ3n) is 6.60. The van der Waals surface area contributed by atoms with Gasteiger partial charge in [-0.05, 0) is 37.5 Å². The van der Waals surface area contributed by atoms with E-state index in [2.05, 4.69) is 11.3 Å². The van der Waals surface area contributed by atoms with Crippen molar-refractivity contribution < 1.29 is 46.8 Å². The number of carbonyl (C=O) groups excluding carboxylic acids is 3. The van der Waals surface area contributed by atoms with E-state index in [4.69, 9.17) is 18.9 Å². The molecule has 0 unspecified atom stereocenters. The zero-order valence-corrected chi connectivity index (χ0v) is 24.0. The maximum Gasteiger partial charge on any atom is 0.333 e. The number of carbonyl (C=O) groups is 3. The fraction of sp³-hybridized carbons (Fsp3) is 0.469. The Kier molecular flexibility index (Phi) is 13.4. The summed E-state index contributed by atoms with van der Waals surface area (Å²) in [4.78, 5) is 33.9. The van der Waals surface area contributed by atoms with Crippen molar-refractivity contribution in [2.24, 2.45) is 5.92 Å². The summed E-state index contributed by atoms with van der Waals surface area (Å²) < 4.78 is 55.6. The smallest absolute Gasteiger partial charge is 0.333 e. The molecule has 0 amide bonds. The molecule has 0 saturated carbocycles. The Morgan fingerprint density at radius 2 is 1.43 bits per heavy atom. The molecule has 228 valence electrons. The molecular formula is C32H38F2O8. The topological polar surface area (TPSA) is 97.4 Å². The standard InChI is InChI=1S/C32H38F2O8/c1-22(2)32(37)40-15-9-7-5-3-4-6-8-14-39-26-18-27(33)31(28(34)19-26)24-10-12-25(13-11-24)41-21-38-20-23-16-29(35)42-30(36)17-23/h10-13,18-19,23H,1,3-9,14-17,20-21H2,2H3. The highest BCUT2D eigenvalue weighted by molar-refractivity contribution is 5.88. The zero-order valence-electron chi connectivity index (χ0n) is 24.0. The van der Waals surface area contributed by atoms with Crippen LogP contribution >= 0.6 is 0 Å². The molecule has 1 aliphatic rings. The Labute approximate surface area is 244 Å². The minimum atomic E-state index is -0.725.